The zero-order chi connectivity index (χ0) is 11.8. The number of unbranched alkanes of at least 4 members (excludes halogenated alkanes) is 2. The van der Waals surface area contributed by atoms with Gasteiger partial charge in [-0.25, -0.2) is 0 Å². The molecule has 0 aliphatic carbocycles. The fraction of sp³-hybridized carbons (Fsp3) is 0.538. The van der Waals surface area contributed by atoms with Crippen molar-refractivity contribution in [2.45, 2.75) is 25.8 Å². The Bertz CT molecular complexity index is 304. The van der Waals surface area contributed by atoms with Gasteiger partial charge in [0.05, 0.1) is 0 Å². The van der Waals surface area contributed by atoms with Gasteiger partial charge in [-0.1, -0.05) is 34.5 Å². The van der Waals surface area contributed by atoms with E-state index in [0.29, 0.717) is 0 Å². The van der Waals surface area contributed by atoms with Gasteiger partial charge in [-0.15, -0.1) is 0 Å². The summed E-state index contributed by atoms with van der Waals surface area (Å²) in [5.41, 5.74) is 1.37. The highest BCUT2D eigenvalue weighted by Crippen LogP contribution is 2.13. The molecule has 0 N–H and O–H groups in total. The fourth-order valence-corrected chi connectivity index (χ4v) is 2.37. The number of hydrogen-bond acceptors (Lipinski definition) is 2. The minimum absolute atomic E-state index is 1.01. The molecular weight excluding hydrogens is 282 g/mol. The predicted octanol–water partition coefficient (Wildman–Crippen LogP) is 3.98. The van der Waals surface area contributed by atoms with E-state index in [4.69, 9.17) is 0 Å². The highest BCUT2D eigenvalue weighted by Gasteiger charge is 2.00. The van der Waals surface area contributed by atoms with Crippen molar-refractivity contribution >= 4 is 28.6 Å². The lowest BCUT2D eigenvalue weighted by Crippen LogP contribution is -2.19. The average Bonchev–Trinajstić information content (AvgIpc) is 2.24. The molecule has 0 saturated carbocycles. The maximum Gasteiger partial charge on any atom is 0.0231 e. The van der Waals surface area contributed by atoms with E-state index < -0.39 is 0 Å². The van der Waals surface area contributed by atoms with Gasteiger partial charge >= 0.3 is 0 Å². The summed E-state index contributed by atoms with van der Waals surface area (Å²) in [6, 6.07) is 8.52. The van der Waals surface area contributed by atoms with Crippen LogP contribution in [0.1, 0.15) is 24.8 Å². The Morgan fingerprint density at radius 1 is 1.25 bits per heavy atom. The first-order valence-electron chi connectivity index (χ1n) is 5.76. The number of nitrogens with zero attached hydrogens (tertiary/aromatic N) is 1. The minimum atomic E-state index is 1.01. The van der Waals surface area contributed by atoms with Gasteiger partial charge in [-0.2, -0.15) is 12.6 Å². The first-order valence-corrected chi connectivity index (χ1v) is 7.19. The second-order valence-corrected chi connectivity index (χ2v) is 5.51. The zero-order valence-electron chi connectivity index (χ0n) is 9.82. The van der Waals surface area contributed by atoms with Gasteiger partial charge in [-0.3, -0.25) is 0 Å². The van der Waals surface area contributed by atoms with Crippen LogP contribution in [0.3, 0.4) is 0 Å². The van der Waals surface area contributed by atoms with E-state index in [1.165, 1.54) is 31.4 Å². The molecule has 0 amide bonds. The Morgan fingerprint density at radius 2 is 2.06 bits per heavy atom. The first kappa shape index (κ1) is 14.1. The zero-order valence-corrected chi connectivity index (χ0v) is 12.3. The molecule has 90 valence electrons. The van der Waals surface area contributed by atoms with E-state index in [1.807, 2.05) is 0 Å². The SMILES string of the molecule is CN(CCCCCS)Cc1cccc(Br)c1. The van der Waals surface area contributed by atoms with Crippen molar-refractivity contribution < 1.29 is 0 Å². The van der Waals surface area contributed by atoms with Gasteiger partial charge in [0.25, 0.3) is 0 Å². The van der Waals surface area contributed by atoms with Crippen LogP contribution in [0.4, 0.5) is 0 Å². The van der Waals surface area contributed by atoms with Crippen molar-refractivity contribution in [1.82, 2.24) is 4.90 Å². The standard InChI is InChI=1S/C13H20BrNS/c1-15(8-3-2-4-9-16)11-12-6-5-7-13(14)10-12/h5-7,10,16H,2-4,8-9,11H2,1H3. The smallest absolute Gasteiger partial charge is 0.0231 e. The number of hydrogen-bond donors (Lipinski definition) is 1. The van der Waals surface area contributed by atoms with Crippen LogP contribution in [0.2, 0.25) is 0 Å². The molecule has 0 atom stereocenters. The average molecular weight is 302 g/mol. The largest absolute Gasteiger partial charge is 0.302 e. The third-order valence-corrected chi connectivity index (χ3v) is 3.35. The van der Waals surface area contributed by atoms with Gasteiger partial charge in [0, 0.05) is 11.0 Å². The van der Waals surface area contributed by atoms with Crippen LogP contribution in [0, 0.1) is 0 Å². The molecule has 0 radical (unpaired) electrons. The normalized spacial score (nSPS) is 11.0. The van der Waals surface area contributed by atoms with Crippen molar-refractivity contribution in [3.05, 3.63) is 34.3 Å². The van der Waals surface area contributed by atoms with Crippen LogP contribution >= 0.6 is 28.6 Å². The van der Waals surface area contributed by atoms with E-state index in [9.17, 15) is 0 Å². The van der Waals surface area contributed by atoms with Gasteiger partial charge in [0.2, 0.25) is 0 Å². The maximum atomic E-state index is 4.22. The second kappa shape index (κ2) is 8.15. The van der Waals surface area contributed by atoms with Crippen molar-refractivity contribution in [3.63, 3.8) is 0 Å². The Balaban J connectivity index is 2.25. The van der Waals surface area contributed by atoms with Crippen LogP contribution in [-0.4, -0.2) is 24.2 Å². The quantitative estimate of drug-likeness (QED) is 0.589. The van der Waals surface area contributed by atoms with Crippen LogP contribution in [-0.2, 0) is 6.54 Å². The van der Waals surface area contributed by atoms with Crippen molar-refractivity contribution in [2.75, 3.05) is 19.3 Å². The highest BCUT2D eigenvalue weighted by atomic mass is 79.9. The van der Waals surface area contributed by atoms with Crippen molar-refractivity contribution in [1.29, 1.82) is 0 Å². The van der Waals surface area contributed by atoms with E-state index in [0.717, 1.165) is 16.8 Å². The molecule has 0 saturated heterocycles. The number of benzene rings is 1. The summed E-state index contributed by atoms with van der Waals surface area (Å²) in [5.74, 6) is 1.01. The summed E-state index contributed by atoms with van der Waals surface area (Å²) in [6.45, 7) is 2.20. The summed E-state index contributed by atoms with van der Waals surface area (Å²) in [6.07, 6.45) is 3.78. The van der Waals surface area contributed by atoms with E-state index in [-0.39, 0.29) is 0 Å². The van der Waals surface area contributed by atoms with Gasteiger partial charge in [0.15, 0.2) is 0 Å². The highest BCUT2D eigenvalue weighted by molar-refractivity contribution is 9.10. The molecule has 0 aromatic heterocycles. The summed E-state index contributed by atoms with van der Waals surface area (Å²) in [4.78, 5) is 2.38. The molecule has 3 heteroatoms. The summed E-state index contributed by atoms with van der Waals surface area (Å²) in [7, 11) is 2.18. The lowest BCUT2D eigenvalue weighted by molar-refractivity contribution is 0.318. The molecule has 0 bridgehead atoms. The van der Waals surface area contributed by atoms with E-state index >= 15 is 0 Å². The topological polar surface area (TPSA) is 3.24 Å². The summed E-state index contributed by atoms with van der Waals surface area (Å²) >= 11 is 7.72. The van der Waals surface area contributed by atoms with Gasteiger partial charge in [0.1, 0.15) is 0 Å². The number of thiol groups is 1. The van der Waals surface area contributed by atoms with E-state index in [1.54, 1.807) is 0 Å². The van der Waals surface area contributed by atoms with Gasteiger partial charge < -0.3 is 4.90 Å². The molecule has 0 spiro atoms. The number of halogens is 1. The van der Waals surface area contributed by atoms with Crippen molar-refractivity contribution in [2.24, 2.45) is 0 Å². The molecule has 1 nitrogen and oxygen atoms in total. The molecule has 1 aromatic carbocycles. The number of rotatable bonds is 7. The maximum absolute atomic E-state index is 4.22. The molecule has 16 heavy (non-hydrogen) atoms. The second-order valence-electron chi connectivity index (χ2n) is 4.15. The van der Waals surface area contributed by atoms with Crippen LogP contribution < -0.4 is 0 Å². The molecule has 0 unspecified atom stereocenters. The third kappa shape index (κ3) is 5.92. The Labute approximate surface area is 113 Å². The molecule has 0 aliphatic heterocycles. The van der Waals surface area contributed by atoms with Gasteiger partial charge in [-0.05, 0) is 49.9 Å². The minimum Gasteiger partial charge on any atom is -0.302 e. The molecule has 0 fully saturated rings. The molecular formula is C13H20BrNS. The fourth-order valence-electron chi connectivity index (χ4n) is 1.70. The van der Waals surface area contributed by atoms with Crippen LogP contribution in [0.25, 0.3) is 0 Å². The molecule has 1 aromatic rings. The lowest BCUT2D eigenvalue weighted by atomic mass is 10.2. The Morgan fingerprint density at radius 3 is 2.75 bits per heavy atom. The first-order chi connectivity index (χ1) is 7.72. The predicted molar refractivity (Wildman–Crippen MR) is 78.2 cm³/mol. The Kier molecular flexibility index (Phi) is 7.17. The molecule has 0 aliphatic rings. The molecule has 0 heterocycles. The van der Waals surface area contributed by atoms with E-state index in [2.05, 4.69) is 64.8 Å². The van der Waals surface area contributed by atoms with Crippen molar-refractivity contribution in [3.8, 4) is 0 Å². The molecule has 1 rings (SSSR count). The Hall–Kier alpha value is 0.01000. The lowest BCUT2D eigenvalue weighted by Gasteiger charge is -2.16. The van der Waals surface area contributed by atoms with Crippen LogP contribution in [0.5, 0.6) is 0 Å². The summed E-state index contributed by atoms with van der Waals surface area (Å²) < 4.78 is 1.16. The monoisotopic (exact) mass is 301 g/mol. The van der Waals surface area contributed by atoms with Crippen LogP contribution in [0.15, 0.2) is 28.7 Å². The third-order valence-electron chi connectivity index (χ3n) is 2.54. The summed E-state index contributed by atoms with van der Waals surface area (Å²) in [5, 5.41) is 0.